The van der Waals surface area contributed by atoms with E-state index in [-0.39, 0.29) is 5.56 Å². The van der Waals surface area contributed by atoms with E-state index in [1.165, 1.54) is 62.8 Å². The van der Waals surface area contributed by atoms with Crippen molar-refractivity contribution < 1.29 is 24.2 Å². The number of carboxylic acids is 1. The SMILES string of the molecule is CCCCOc1ccc(C(=O)Oc2ccc(C(=O)O)cc2)cc1.CCC[CH2][Sn]([CH2]CCC)[CH2]CCC. The first-order valence-electron chi connectivity index (χ1n) is 13.6. The van der Waals surface area contributed by atoms with Crippen LogP contribution in [0.4, 0.5) is 0 Å². The first kappa shape index (κ1) is 32.0. The Morgan fingerprint density at radius 3 is 1.56 bits per heavy atom. The molecule has 0 amide bonds. The van der Waals surface area contributed by atoms with Crippen LogP contribution in [-0.2, 0) is 0 Å². The van der Waals surface area contributed by atoms with E-state index in [1.54, 1.807) is 37.6 Å². The fourth-order valence-corrected chi connectivity index (χ4v) is 13.0. The molecule has 1 radical (unpaired) electrons. The van der Waals surface area contributed by atoms with Crippen LogP contribution in [0.15, 0.2) is 48.5 Å². The number of rotatable bonds is 16. The van der Waals surface area contributed by atoms with Crippen molar-refractivity contribution in [1.82, 2.24) is 0 Å². The van der Waals surface area contributed by atoms with Crippen molar-refractivity contribution in [2.24, 2.45) is 0 Å². The summed E-state index contributed by atoms with van der Waals surface area (Å²) in [4.78, 5) is 22.8. The Labute approximate surface area is 225 Å². The van der Waals surface area contributed by atoms with Crippen molar-refractivity contribution >= 4 is 31.7 Å². The van der Waals surface area contributed by atoms with E-state index in [1.807, 2.05) is 0 Å². The van der Waals surface area contributed by atoms with Gasteiger partial charge in [0.15, 0.2) is 0 Å². The third-order valence-electron chi connectivity index (χ3n) is 5.82. The van der Waals surface area contributed by atoms with Crippen molar-refractivity contribution in [3.05, 3.63) is 59.7 Å². The number of esters is 1. The zero-order valence-corrected chi connectivity index (χ0v) is 25.5. The molecule has 5 nitrogen and oxygen atoms in total. The van der Waals surface area contributed by atoms with Gasteiger partial charge in [0.1, 0.15) is 11.5 Å². The second-order valence-electron chi connectivity index (χ2n) is 9.01. The summed E-state index contributed by atoms with van der Waals surface area (Å²) in [6.07, 6.45) is 10.9. The Morgan fingerprint density at radius 2 is 1.11 bits per heavy atom. The van der Waals surface area contributed by atoms with Crippen molar-refractivity contribution in [1.29, 1.82) is 0 Å². The van der Waals surface area contributed by atoms with Crippen LogP contribution in [0.5, 0.6) is 11.5 Å². The van der Waals surface area contributed by atoms with Gasteiger partial charge in [-0.05, 0) is 55.0 Å². The molecule has 36 heavy (non-hydrogen) atoms. The van der Waals surface area contributed by atoms with Gasteiger partial charge in [-0.25, -0.2) is 9.59 Å². The first-order chi connectivity index (χ1) is 17.4. The van der Waals surface area contributed by atoms with E-state index >= 15 is 0 Å². The molecule has 0 bridgehead atoms. The van der Waals surface area contributed by atoms with Crippen LogP contribution < -0.4 is 9.47 Å². The van der Waals surface area contributed by atoms with E-state index in [2.05, 4.69) is 27.7 Å². The molecule has 2 aromatic rings. The van der Waals surface area contributed by atoms with Gasteiger partial charge in [0, 0.05) is 0 Å². The molecular weight excluding hydrogens is 559 g/mol. The molecule has 0 aliphatic heterocycles. The quantitative estimate of drug-likeness (QED) is 0.0899. The molecule has 2 rings (SSSR count). The maximum atomic E-state index is 12.0. The van der Waals surface area contributed by atoms with E-state index in [9.17, 15) is 9.59 Å². The van der Waals surface area contributed by atoms with Crippen LogP contribution in [0.25, 0.3) is 0 Å². The molecule has 0 fully saturated rings. The zero-order valence-electron chi connectivity index (χ0n) is 22.7. The maximum absolute atomic E-state index is 12.0. The van der Waals surface area contributed by atoms with Gasteiger partial charge < -0.3 is 14.6 Å². The Hall–Kier alpha value is -2.02. The number of carbonyl (C=O) groups excluding carboxylic acids is 1. The fourth-order valence-electron chi connectivity index (χ4n) is 3.51. The van der Waals surface area contributed by atoms with Crippen molar-refractivity contribution in [2.45, 2.75) is 92.4 Å². The number of hydrogen-bond donors (Lipinski definition) is 1. The van der Waals surface area contributed by atoms with Gasteiger partial charge in [-0.1, -0.05) is 13.3 Å². The fraction of sp³-hybridized carbons (Fsp3) is 0.533. The molecule has 0 aliphatic rings. The number of benzene rings is 2. The van der Waals surface area contributed by atoms with Crippen LogP contribution in [0.3, 0.4) is 0 Å². The van der Waals surface area contributed by atoms with Gasteiger partial charge in [-0.15, -0.1) is 0 Å². The van der Waals surface area contributed by atoms with Gasteiger partial charge in [-0.2, -0.15) is 0 Å². The monoisotopic (exact) mass is 605 g/mol. The van der Waals surface area contributed by atoms with Crippen molar-refractivity contribution in [3.8, 4) is 11.5 Å². The predicted molar refractivity (Wildman–Crippen MR) is 150 cm³/mol. The Balaban J connectivity index is 0.000000426. The molecule has 0 spiro atoms. The number of carboxylic acid groups (broad SMARTS) is 1. The van der Waals surface area contributed by atoms with Crippen LogP contribution in [0.1, 0.15) is 99.8 Å². The molecule has 2 aromatic carbocycles. The van der Waals surface area contributed by atoms with Crippen LogP contribution in [-0.4, -0.2) is 43.4 Å². The zero-order chi connectivity index (χ0) is 26.6. The summed E-state index contributed by atoms with van der Waals surface area (Å²) in [6.45, 7) is 9.74. The van der Waals surface area contributed by atoms with Crippen molar-refractivity contribution in [2.75, 3.05) is 6.61 Å². The van der Waals surface area contributed by atoms with Gasteiger partial charge in [0.2, 0.25) is 0 Å². The Kier molecular flexibility index (Phi) is 17.9. The Bertz CT molecular complexity index is 830. The molecule has 0 aliphatic carbocycles. The minimum absolute atomic E-state index is 0.137. The molecule has 1 N–H and O–H groups in total. The summed E-state index contributed by atoms with van der Waals surface area (Å²) < 4.78 is 15.8. The minimum atomic E-state index is -1.03. The van der Waals surface area contributed by atoms with Crippen LogP contribution >= 0.6 is 0 Å². The van der Waals surface area contributed by atoms with E-state index in [0.29, 0.717) is 23.7 Å². The Morgan fingerprint density at radius 1 is 0.667 bits per heavy atom. The average molecular weight is 604 g/mol. The average Bonchev–Trinajstić information content (AvgIpc) is 2.89. The van der Waals surface area contributed by atoms with Gasteiger partial charge in [0.05, 0.1) is 17.7 Å². The van der Waals surface area contributed by atoms with Gasteiger partial charge in [0.25, 0.3) is 0 Å². The second kappa shape index (κ2) is 20.1. The van der Waals surface area contributed by atoms with Crippen LogP contribution in [0, 0.1) is 0 Å². The third kappa shape index (κ3) is 13.9. The van der Waals surface area contributed by atoms with E-state index < -0.39 is 31.7 Å². The summed E-state index contributed by atoms with van der Waals surface area (Å²) in [5, 5.41) is 8.82. The van der Waals surface area contributed by atoms with Gasteiger partial charge in [-0.3, -0.25) is 0 Å². The number of hydrogen-bond acceptors (Lipinski definition) is 4. The summed E-state index contributed by atoms with van der Waals surface area (Å²) >= 11 is -0.839. The normalized spacial score (nSPS) is 10.5. The summed E-state index contributed by atoms with van der Waals surface area (Å²) in [5.74, 6) is -0.529. The summed E-state index contributed by atoms with van der Waals surface area (Å²) in [5.41, 5.74) is 0.536. The summed E-state index contributed by atoms with van der Waals surface area (Å²) in [7, 11) is 0. The number of carbonyl (C=O) groups is 2. The van der Waals surface area contributed by atoms with E-state index in [4.69, 9.17) is 14.6 Å². The first-order valence-corrected chi connectivity index (χ1v) is 19.6. The number of ether oxygens (including phenoxy) is 2. The molecule has 0 unspecified atom stereocenters. The number of aromatic carboxylic acids is 1. The molecule has 0 heterocycles. The van der Waals surface area contributed by atoms with E-state index in [0.717, 1.165) is 12.8 Å². The summed E-state index contributed by atoms with van der Waals surface area (Å²) in [6, 6.07) is 12.4. The molecule has 0 aromatic heterocycles. The molecular formula is C30H45O5Sn. The predicted octanol–water partition coefficient (Wildman–Crippen LogP) is 8.66. The molecule has 0 saturated carbocycles. The van der Waals surface area contributed by atoms with Gasteiger partial charge >= 0.3 is 104 Å². The molecule has 6 heteroatoms. The molecule has 0 atom stereocenters. The third-order valence-corrected chi connectivity index (χ3v) is 14.9. The second-order valence-corrected chi connectivity index (χ2v) is 17.6. The van der Waals surface area contributed by atoms with Crippen molar-refractivity contribution in [3.63, 3.8) is 0 Å². The topological polar surface area (TPSA) is 72.8 Å². The molecule has 0 saturated heterocycles. The van der Waals surface area contributed by atoms with Crippen LogP contribution in [0.2, 0.25) is 13.3 Å². The standard InChI is InChI=1S/C18H18O5.3C4H9.Sn/c1-2-3-12-22-15-8-6-14(7-9-15)18(21)23-16-10-4-13(5-11-16)17(19)20;3*1-3-4-2;/h4-11H,2-3,12H2,1H3,(H,19,20);3*1,3-4H2,2H3;. The number of unbranched alkanes of at least 4 members (excludes halogenated alkanes) is 4. The molecule has 199 valence electrons.